The number of rotatable bonds is 5. The summed E-state index contributed by atoms with van der Waals surface area (Å²) in [5.74, 6) is 0.985. The minimum atomic E-state index is -0.533. The van der Waals surface area contributed by atoms with Crippen LogP contribution in [0.4, 0.5) is 5.69 Å². The minimum Gasteiger partial charge on any atom is -0.398 e. The van der Waals surface area contributed by atoms with Crippen LogP contribution >= 0.6 is 0 Å². The Hall–Kier alpha value is -1.88. The van der Waals surface area contributed by atoms with Crippen LogP contribution in [0.25, 0.3) is 11.5 Å². The molecule has 1 unspecified atom stereocenters. The summed E-state index contributed by atoms with van der Waals surface area (Å²) in [4.78, 5) is 4.46. The van der Waals surface area contributed by atoms with Crippen molar-refractivity contribution in [2.45, 2.75) is 39.7 Å². The van der Waals surface area contributed by atoms with Gasteiger partial charge in [-0.25, -0.2) is 0 Å². The fourth-order valence-corrected chi connectivity index (χ4v) is 2.06. The third-order valence-corrected chi connectivity index (χ3v) is 3.59. The molecule has 0 radical (unpaired) electrons. The van der Waals surface area contributed by atoms with Crippen LogP contribution in [-0.4, -0.2) is 16.7 Å². The van der Waals surface area contributed by atoms with Gasteiger partial charge in [0, 0.05) is 12.3 Å². The number of aromatic nitrogens is 2. The van der Waals surface area contributed by atoms with Gasteiger partial charge in [-0.2, -0.15) is 4.98 Å². The van der Waals surface area contributed by atoms with E-state index in [0.717, 1.165) is 17.5 Å². The average molecular weight is 275 g/mol. The van der Waals surface area contributed by atoms with Gasteiger partial charge in [-0.3, -0.25) is 0 Å². The van der Waals surface area contributed by atoms with Crippen LogP contribution in [-0.2, 0) is 10.3 Å². The summed E-state index contributed by atoms with van der Waals surface area (Å²) >= 11 is 0. The molecule has 0 bridgehead atoms. The van der Waals surface area contributed by atoms with Gasteiger partial charge in [0.25, 0.3) is 5.89 Å². The normalized spacial score (nSPS) is 14.2. The molecule has 1 aromatic heterocycles. The Morgan fingerprint density at radius 3 is 2.75 bits per heavy atom. The smallest absolute Gasteiger partial charge is 0.260 e. The highest BCUT2D eigenvalue weighted by atomic mass is 16.5. The Labute approximate surface area is 119 Å². The number of nitrogens with zero attached hydrogens (tertiary/aromatic N) is 2. The zero-order valence-corrected chi connectivity index (χ0v) is 12.4. The topological polar surface area (TPSA) is 74.2 Å². The third-order valence-electron chi connectivity index (χ3n) is 3.59. The molecule has 108 valence electrons. The van der Waals surface area contributed by atoms with Crippen LogP contribution in [0.5, 0.6) is 0 Å². The SMILES string of the molecule is CCOC(C)(CC)c1noc(-c2cccc(C)c2N)n1. The first-order chi connectivity index (χ1) is 9.51. The number of aryl methyl sites for hydroxylation is 1. The van der Waals surface area contributed by atoms with Crippen molar-refractivity contribution in [2.75, 3.05) is 12.3 Å². The minimum absolute atomic E-state index is 0.431. The van der Waals surface area contributed by atoms with Crippen molar-refractivity contribution in [3.05, 3.63) is 29.6 Å². The number of para-hydroxylation sites is 1. The highest BCUT2D eigenvalue weighted by Gasteiger charge is 2.31. The quantitative estimate of drug-likeness (QED) is 0.847. The molecule has 0 saturated carbocycles. The molecule has 0 aliphatic heterocycles. The molecule has 2 aromatic rings. The van der Waals surface area contributed by atoms with Gasteiger partial charge in [-0.05, 0) is 38.8 Å². The second kappa shape index (κ2) is 5.63. The van der Waals surface area contributed by atoms with Gasteiger partial charge in [0.05, 0.1) is 5.56 Å². The van der Waals surface area contributed by atoms with Crippen molar-refractivity contribution in [2.24, 2.45) is 0 Å². The van der Waals surface area contributed by atoms with E-state index in [4.69, 9.17) is 15.0 Å². The number of ether oxygens (including phenoxy) is 1. The van der Waals surface area contributed by atoms with Gasteiger partial charge in [-0.15, -0.1) is 0 Å². The first-order valence-electron chi connectivity index (χ1n) is 6.85. The molecule has 0 amide bonds. The molecular formula is C15H21N3O2. The predicted octanol–water partition coefficient (Wildman–Crippen LogP) is 3.29. The highest BCUT2D eigenvalue weighted by molar-refractivity contribution is 5.73. The summed E-state index contributed by atoms with van der Waals surface area (Å²) in [7, 11) is 0. The molecule has 5 heteroatoms. The monoisotopic (exact) mass is 275 g/mol. The average Bonchev–Trinajstić information content (AvgIpc) is 2.92. The van der Waals surface area contributed by atoms with Crippen LogP contribution < -0.4 is 5.73 Å². The lowest BCUT2D eigenvalue weighted by Gasteiger charge is -2.23. The van der Waals surface area contributed by atoms with Crippen molar-refractivity contribution in [3.63, 3.8) is 0 Å². The number of hydrogen-bond acceptors (Lipinski definition) is 5. The lowest BCUT2D eigenvalue weighted by atomic mass is 10.0. The van der Waals surface area contributed by atoms with Gasteiger partial charge in [0.1, 0.15) is 5.60 Å². The maximum atomic E-state index is 6.07. The van der Waals surface area contributed by atoms with E-state index in [1.54, 1.807) is 0 Å². The van der Waals surface area contributed by atoms with E-state index < -0.39 is 5.60 Å². The number of benzene rings is 1. The van der Waals surface area contributed by atoms with Crippen LogP contribution in [0.15, 0.2) is 22.7 Å². The van der Waals surface area contributed by atoms with Crippen molar-refractivity contribution in [1.82, 2.24) is 10.1 Å². The molecule has 0 aliphatic carbocycles. The predicted molar refractivity (Wildman–Crippen MR) is 78.2 cm³/mol. The number of nitrogen functional groups attached to an aromatic ring is 1. The van der Waals surface area contributed by atoms with E-state index in [1.807, 2.05) is 45.9 Å². The summed E-state index contributed by atoms with van der Waals surface area (Å²) < 4.78 is 11.1. The molecule has 2 N–H and O–H groups in total. The fourth-order valence-electron chi connectivity index (χ4n) is 2.06. The van der Waals surface area contributed by atoms with Crippen molar-refractivity contribution >= 4 is 5.69 Å². The van der Waals surface area contributed by atoms with Gasteiger partial charge in [-0.1, -0.05) is 24.2 Å². The van der Waals surface area contributed by atoms with Crippen LogP contribution in [0, 0.1) is 6.92 Å². The largest absolute Gasteiger partial charge is 0.398 e. The van der Waals surface area contributed by atoms with Gasteiger partial charge in [0.2, 0.25) is 5.82 Å². The van der Waals surface area contributed by atoms with Crippen LogP contribution in [0.2, 0.25) is 0 Å². The first kappa shape index (κ1) is 14.5. The lowest BCUT2D eigenvalue weighted by molar-refractivity contribution is -0.0403. The second-order valence-corrected chi connectivity index (χ2v) is 4.98. The molecule has 2 rings (SSSR count). The Balaban J connectivity index is 2.40. The maximum Gasteiger partial charge on any atom is 0.260 e. The number of hydrogen-bond donors (Lipinski definition) is 1. The molecule has 0 spiro atoms. The van der Waals surface area contributed by atoms with E-state index in [9.17, 15) is 0 Å². The Kier molecular flexibility index (Phi) is 4.09. The summed E-state index contributed by atoms with van der Waals surface area (Å²) in [6.45, 7) is 8.50. The van der Waals surface area contributed by atoms with Crippen LogP contribution in [0.1, 0.15) is 38.6 Å². The number of anilines is 1. The maximum absolute atomic E-state index is 6.07. The molecule has 5 nitrogen and oxygen atoms in total. The van der Waals surface area contributed by atoms with Gasteiger partial charge < -0.3 is 15.0 Å². The lowest BCUT2D eigenvalue weighted by Crippen LogP contribution is -2.26. The fraction of sp³-hybridized carbons (Fsp3) is 0.467. The van der Waals surface area contributed by atoms with E-state index in [1.165, 1.54) is 0 Å². The second-order valence-electron chi connectivity index (χ2n) is 4.98. The summed E-state index contributed by atoms with van der Waals surface area (Å²) in [5.41, 5.74) is 7.95. The van der Waals surface area contributed by atoms with Crippen molar-refractivity contribution in [3.8, 4) is 11.5 Å². The molecule has 20 heavy (non-hydrogen) atoms. The standard InChI is InChI=1S/C15H21N3O2/c1-5-15(4,19-6-2)14-17-13(20-18-14)11-9-7-8-10(3)12(11)16/h7-9H,5-6,16H2,1-4H3. The summed E-state index contributed by atoms with van der Waals surface area (Å²) in [6, 6.07) is 5.75. The van der Waals surface area contributed by atoms with E-state index in [2.05, 4.69) is 10.1 Å². The van der Waals surface area contributed by atoms with Crippen molar-refractivity contribution < 1.29 is 9.26 Å². The molecular weight excluding hydrogens is 254 g/mol. The van der Waals surface area contributed by atoms with Gasteiger partial charge >= 0.3 is 0 Å². The number of nitrogens with two attached hydrogens (primary N) is 1. The van der Waals surface area contributed by atoms with Crippen LogP contribution in [0.3, 0.4) is 0 Å². The zero-order chi connectivity index (χ0) is 14.8. The Morgan fingerprint density at radius 1 is 1.35 bits per heavy atom. The van der Waals surface area contributed by atoms with E-state index in [-0.39, 0.29) is 0 Å². The molecule has 0 fully saturated rings. The summed E-state index contributed by atoms with van der Waals surface area (Å²) in [5, 5.41) is 4.06. The van der Waals surface area contributed by atoms with Gasteiger partial charge in [0.15, 0.2) is 0 Å². The summed E-state index contributed by atoms with van der Waals surface area (Å²) in [6.07, 6.45) is 0.767. The Bertz CT molecular complexity index is 595. The molecule has 0 aliphatic rings. The first-order valence-corrected chi connectivity index (χ1v) is 6.85. The third kappa shape index (κ3) is 2.54. The highest BCUT2D eigenvalue weighted by Crippen LogP contribution is 2.31. The van der Waals surface area contributed by atoms with E-state index in [0.29, 0.717) is 24.0 Å². The molecule has 1 heterocycles. The van der Waals surface area contributed by atoms with E-state index >= 15 is 0 Å². The molecule has 1 atom stereocenters. The van der Waals surface area contributed by atoms with Crippen molar-refractivity contribution in [1.29, 1.82) is 0 Å². The molecule has 1 aromatic carbocycles. The zero-order valence-electron chi connectivity index (χ0n) is 12.4. The Morgan fingerprint density at radius 2 is 2.10 bits per heavy atom. The molecule has 0 saturated heterocycles.